The van der Waals surface area contributed by atoms with E-state index >= 15 is 0 Å². The van der Waals surface area contributed by atoms with Gasteiger partial charge < -0.3 is 5.11 Å². The normalized spacial score (nSPS) is 17.1. The maximum atomic E-state index is 11.8. The molecule has 1 unspecified atom stereocenters. The lowest BCUT2D eigenvalue weighted by molar-refractivity contribution is -0.133. The lowest BCUT2D eigenvalue weighted by Crippen LogP contribution is -2.37. The number of amides is 1. The van der Waals surface area contributed by atoms with Crippen LogP contribution in [0.1, 0.15) is 37.3 Å². The molecule has 4 nitrogen and oxygen atoms in total. The van der Waals surface area contributed by atoms with Crippen molar-refractivity contribution in [2.24, 2.45) is 5.10 Å². The monoisotopic (exact) mass is 294 g/mol. The van der Waals surface area contributed by atoms with Crippen molar-refractivity contribution in [2.45, 2.75) is 39.2 Å². The van der Waals surface area contributed by atoms with Gasteiger partial charge in [0.1, 0.15) is 0 Å². The zero-order valence-electron chi connectivity index (χ0n) is 11.8. The van der Waals surface area contributed by atoms with Gasteiger partial charge >= 0.3 is 0 Å². The minimum Gasteiger partial charge on any atom is -0.391 e. The zero-order chi connectivity index (χ0) is 14.7. The van der Waals surface area contributed by atoms with Gasteiger partial charge in [0.15, 0.2) is 0 Å². The van der Waals surface area contributed by atoms with Crippen LogP contribution in [0.5, 0.6) is 0 Å². The highest BCUT2D eigenvalue weighted by atomic mass is 35.5. The summed E-state index contributed by atoms with van der Waals surface area (Å²) in [5.41, 5.74) is 2.84. The van der Waals surface area contributed by atoms with Crippen LogP contribution < -0.4 is 0 Å². The van der Waals surface area contributed by atoms with Crippen LogP contribution in [0.3, 0.4) is 0 Å². The quantitative estimate of drug-likeness (QED) is 0.928. The highest BCUT2D eigenvalue weighted by Crippen LogP contribution is 2.21. The third kappa shape index (κ3) is 3.38. The van der Waals surface area contributed by atoms with Crippen LogP contribution in [0.4, 0.5) is 0 Å². The second kappa shape index (κ2) is 6.37. The van der Waals surface area contributed by atoms with Crippen LogP contribution in [0.15, 0.2) is 23.3 Å². The van der Waals surface area contributed by atoms with Crippen LogP contribution in [0, 0.1) is 6.92 Å². The number of carbonyl (C=O) groups is 1. The van der Waals surface area contributed by atoms with Crippen LogP contribution in [0.25, 0.3) is 0 Å². The molecule has 0 fully saturated rings. The average Bonchev–Trinajstić information content (AvgIpc) is 2.44. The Hall–Kier alpha value is -1.39. The summed E-state index contributed by atoms with van der Waals surface area (Å²) >= 11 is 6.02. The van der Waals surface area contributed by atoms with E-state index in [9.17, 15) is 9.90 Å². The molecule has 1 N–H and O–H groups in total. The number of rotatable bonds is 4. The first kappa shape index (κ1) is 15.0. The Kier molecular flexibility index (Phi) is 4.78. The van der Waals surface area contributed by atoms with E-state index in [2.05, 4.69) is 5.10 Å². The third-order valence-electron chi connectivity index (χ3n) is 3.45. The van der Waals surface area contributed by atoms with Crippen molar-refractivity contribution in [3.05, 3.63) is 34.3 Å². The number of halogens is 1. The number of aryl methyl sites for hydroxylation is 1. The lowest BCUT2D eigenvalue weighted by atomic mass is 10.0. The van der Waals surface area contributed by atoms with Gasteiger partial charge in [-0.2, -0.15) is 5.10 Å². The molecule has 1 aromatic carbocycles. The first-order chi connectivity index (χ1) is 9.51. The Morgan fingerprint density at radius 1 is 1.45 bits per heavy atom. The second-order valence-electron chi connectivity index (χ2n) is 5.05. The van der Waals surface area contributed by atoms with E-state index in [0.717, 1.165) is 21.9 Å². The average molecular weight is 295 g/mol. The smallest absolute Gasteiger partial charge is 0.243 e. The van der Waals surface area contributed by atoms with Crippen LogP contribution in [-0.2, 0) is 4.79 Å². The summed E-state index contributed by atoms with van der Waals surface area (Å²) in [5, 5.41) is 16.2. The first-order valence-corrected chi connectivity index (χ1v) is 7.21. The molecule has 1 amide bonds. The van der Waals surface area contributed by atoms with E-state index in [1.165, 1.54) is 5.01 Å². The number of hydrazone groups is 1. The summed E-state index contributed by atoms with van der Waals surface area (Å²) in [5.74, 6) is -0.0352. The van der Waals surface area contributed by atoms with Gasteiger partial charge in [0, 0.05) is 17.9 Å². The largest absolute Gasteiger partial charge is 0.391 e. The van der Waals surface area contributed by atoms with E-state index in [-0.39, 0.29) is 12.5 Å². The minimum absolute atomic E-state index is 0.0352. The maximum Gasteiger partial charge on any atom is 0.243 e. The molecule has 1 aliphatic heterocycles. The molecule has 2 rings (SSSR count). The molecule has 0 spiro atoms. The molecule has 0 saturated carbocycles. The second-order valence-corrected chi connectivity index (χ2v) is 5.46. The van der Waals surface area contributed by atoms with Gasteiger partial charge in [0.25, 0.3) is 0 Å². The summed E-state index contributed by atoms with van der Waals surface area (Å²) in [4.78, 5) is 11.8. The molecule has 0 bridgehead atoms. The van der Waals surface area contributed by atoms with Gasteiger partial charge in [0.05, 0.1) is 18.4 Å². The number of aliphatic hydroxyl groups excluding tert-OH is 1. The van der Waals surface area contributed by atoms with Crippen LogP contribution >= 0.6 is 11.6 Å². The molecule has 1 aliphatic rings. The van der Waals surface area contributed by atoms with Crippen molar-refractivity contribution in [3.8, 4) is 0 Å². The predicted molar refractivity (Wildman–Crippen MR) is 80.0 cm³/mol. The lowest BCUT2D eigenvalue weighted by Gasteiger charge is -2.25. The van der Waals surface area contributed by atoms with Crippen molar-refractivity contribution in [3.63, 3.8) is 0 Å². The highest BCUT2D eigenvalue weighted by Gasteiger charge is 2.23. The van der Waals surface area contributed by atoms with Crippen molar-refractivity contribution in [2.75, 3.05) is 6.54 Å². The van der Waals surface area contributed by atoms with E-state index in [4.69, 9.17) is 11.6 Å². The van der Waals surface area contributed by atoms with Crippen molar-refractivity contribution in [1.29, 1.82) is 0 Å². The fourth-order valence-electron chi connectivity index (χ4n) is 2.10. The minimum atomic E-state index is -0.533. The molecule has 0 radical (unpaired) electrons. The van der Waals surface area contributed by atoms with Crippen molar-refractivity contribution >= 4 is 23.2 Å². The fraction of sp³-hybridized carbons (Fsp3) is 0.467. The molecule has 1 heterocycles. The van der Waals surface area contributed by atoms with E-state index in [0.29, 0.717) is 19.3 Å². The summed E-state index contributed by atoms with van der Waals surface area (Å²) in [6.45, 7) is 4.08. The van der Waals surface area contributed by atoms with Gasteiger partial charge in [-0.15, -0.1) is 0 Å². The SMILES string of the molecule is CCC(O)CN1N=C(c2ccc(Cl)c(C)c2)CCC1=O. The summed E-state index contributed by atoms with van der Waals surface area (Å²) < 4.78 is 0. The molecule has 108 valence electrons. The van der Waals surface area contributed by atoms with Gasteiger partial charge in [-0.3, -0.25) is 4.79 Å². The Balaban J connectivity index is 2.24. The molecule has 20 heavy (non-hydrogen) atoms. The number of carbonyl (C=O) groups excluding carboxylic acids is 1. The summed E-state index contributed by atoms with van der Waals surface area (Å²) in [6.07, 6.45) is 1.12. The molecule has 0 saturated heterocycles. The fourth-order valence-corrected chi connectivity index (χ4v) is 2.22. The number of β-amino-alcohol motifs (C(OH)–C–C–N with tert-alkyl or cyclic N) is 1. The molecular formula is C15H19ClN2O2. The number of aliphatic hydroxyl groups is 1. The molecule has 5 heteroatoms. The summed E-state index contributed by atoms with van der Waals surface area (Å²) in [7, 11) is 0. The zero-order valence-corrected chi connectivity index (χ0v) is 12.5. The molecule has 1 aromatic rings. The van der Waals surface area contributed by atoms with E-state index < -0.39 is 6.10 Å². The molecule has 1 atom stereocenters. The van der Waals surface area contributed by atoms with Crippen molar-refractivity contribution < 1.29 is 9.90 Å². The predicted octanol–water partition coefficient (Wildman–Crippen LogP) is 2.75. The molecule has 0 aliphatic carbocycles. The first-order valence-electron chi connectivity index (χ1n) is 6.83. The standard InChI is InChI=1S/C15H19ClN2O2/c1-3-12(19)9-18-15(20)7-6-14(17-18)11-4-5-13(16)10(2)8-11/h4-5,8,12,19H,3,6-7,9H2,1-2H3. The van der Waals surface area contributed by atoms with Crippen molar-refractivity contribution in [1.82, 2.24) is 5.01 Å². The topological polar surface area (TPSA) is 52.9 Å². The number of benzene rings is 1. The third-order valence-corrected chi connectivity index (χ3v) is 3.88. The molecular weight excluding hydrogens is 276 g/mol. The van der Waals surface area contributed by atoms with Gasteiger partial charge in [0.2, 0.25) is 5.91 Å². The highest BCUT2D eigenvalue weighted by molar-refractivity contribution is 6.31. The molecule has 0 aromatic heterocycles. The van der Waals surface area contributed by atoms with Gasteiger partial charge in [-0.25, -0.2) is 5.01 Å². The van der Waals surface area contributed by atoms with E-state index in [1.807, 2.05) is 32.0 Å². The Labute approximate surface area is 124 Å². The Bertz CT molecular complexity index is 543. The van der Waals surface area contributed by atoms with Crippen LogP contribution in [-0.4, -0.2) is 34.4 Å². The van der Waals surface area contributed by atoms with Crippen LogP contribution in [0.2, 0.25) is 5.02 Å². The van der Waals surface area contributed by atoms with E-state index in [1.54, 1.807) is 0 Å². The Morgan fingerprint density at radius 2 is 2.20 bits per heavy atom. The number of nitrogens with zero attached hydrogens (tertiary/aromatic N) is 2. The summed E-state index contributed by atoms with van der Waals surface area (Å²) in [6, 6.07) is 5.74. The van der Waals surface area contributed by atoms with Gasteiger partial charge in [-0.1, -0.05) is 24.6 Å². The Morgan fingerprint density at radius 3 is 2.85 bits per heavy atom. The number of hydrogen-bond donors (Lipinski definition) is 1. The van der Waals surface area contributed by atoms with Gasteiger partial charge in [-0.05, 0) is 36.6 Å². The maximum absolute atomic E-state index is 11.8. The number of hydrogen-bond acceptors (Lipinski definition) is 3.